The lowest BCUT2D eigenvalue weighted by Gasteiger charge is -2.02. The van der Waals surface area contributed by atoms with Crippen LogP contribution in [0.25, 0.3) is 27.1 Å². The van der Waals surface area contributed by atoms with Crippen LogP contribution in [0.3, 0.4) is 0 Å². The Bertz CT molecular complexity index is 1280. The molecule has 0 saturated carbocycles. The maximum Gasteiger partial charge on any atom is 0.235 e. The molecule has 2 aromatic carbocycles. The highest BCUT2D eigenvalue weighted by atomic mass is 35.5. The Balaban J connectivity index is 1.49. The van der Waals surface area contributed by atoms with Gasteiger partial charge in [-0.15, -0.1) is 15.3 Å². The Labute approximate surface area is 174 Å². The van der Waals surface area contributed by atoms with Gasteiger partial charge in [0.15, 0.2) is 16.6 Å². The second-order valence-corrected chi connectivity index (χ2v) is 7.89. The van der Waals surface area contributed by atoms with Crippen molar-refractivity contribution in [3.8, 4) is 22.1 Å². The van der Waals surface area contributed by atoms with E-state index in [9.17, 15) is 0 Å². The Morgan fingerprint density at radius 2 is 1.71 bits per heavy atom. The van der Waals surface area contributed by atoms with Crippen molar-refractivity contribution < 1.29 is 4.42 Å². The fourth-order valence-corrected chi connectivity index (χ4v) is 4.15. The molecule has 0 atom stereocenters. The van der Waals surface area contributed by atoms with Gasteiger partial charge in [-0.25, -0.2) is 0 Å². The lowest BCUT2D eigenvalue weighted by Crippen LogP contribution is -1.97. The number of fused-ring (bicyclic) bond motifs is 1. The first-order valence-corrected chi connectivity index (χ1v) is 10.1. The fraction of sp³-hybridized carbons (Fsp3) is 0.0500. The number of nitrogens with zero attached hydrogens (tertiary/aromatic N) is 4. The molecule has 28 heavy (non-hydrogen) atoms. The summed E-state index contributed by atoms with van der Waals surface area (Å²) >= 11 is 13.8. The van der Waals surface area contributed by atoms with Crippen molar-refractivity contribution >= 4 is 39.5 Å². The van der Waals surface area contributed by atoms with Crippen LogP contribution < -0.4 is 0 Å². The van der Waals surface area contributed by atoms with Crippen LogP contribution >= 0.6 is 34.5 Å². The maximum atomic E-state index is 6.30. The zero-order valence-electron chi connectivity index (χ0n) is 14.3. The van der Waals surface area contributed by atoms with Gasteiger partial charge in [0.2, 0.25) is 4.96 Å². The lowest BCUT2D eigenvalue weighted by atomic mass is 10.1. The summed E-state index contributed by atoms with van der Waals surface area (Å²) in [5.41, 5.74) is 1.90. The molecule has 5 nitrogen and oxygen atoms in total. The first-order valence-electron chi connectivity index (χ1n) is 8.48. The van der Waals surface area contributed by atoms with E-state index >= 15 is 0 Å². The minimum atomic E-state index is 0.466. The summed E-state index contributed by atoms with van der Waals surface area (Å²) in [4.78, 5) is 0.722. The van der Waals surface area contributed by atoms with Crippen molar-refractivity contribution in [2.75, 3.05) is 0 Å². The molecule has 0 radical (unpaired) electrons. The molecule has 0 unspecified atom stereocenters. The van der Waals surface area contributed by atoms with Crippen molar-refractivity contribution in [3.05, 3.63) is 82.1 Å². The average Bonchev–Trinajstić information content (AvgIpc) is 3.42. The quantitative estimate of drug-likeness (QED) is 0.353. The average molecular weight is 427 g/mol. The summed E-state index contributed by atoms with van der Waals surface area (Å²) in [5.74, 6) is 2.07. The first-order chi connectivity index (χ1) is 13.7. The molecule has 0 spiro atoms. The molecule has 138 valence electrons. The number of aromatic nitrogens is 4. The lowest BCUT2D eigenvalue weighted by molar-refractivity contribution is 0.595. The molecule has 0 saturated heterocycles. The second-order valence-electron chi connectivity index (χ2n) is 6.15. The van der Waals surface area contributed by atoms with Crippen molar-refractivity contribution in [2.24, 2.45) is 0 Å². The van der Waals surface area contributed by atoms with Crippen LogP contribution in [0.15, 0.2) is 65.1 Å². The Kier molecular flexibility index (Phi) is 4.39. The highest BCUT2D eigenvalue weighted by Crippen LogP contribution is 2.37. The van der Waals surface area contributed by atoms with Crippen LogP contribution in [-0.2, 0) is 6.42 Å². The maximum absolute atomic E-state index is 6.30. The number of benzene rings is 2. The van der Waals surface area contributed by atoms with Gasteiger partial charge in [0.25, 0.3) is 0 Å². The van der Waals surface area contributed by atoms with Crippen LogP contribution in [-0.4, -0.2) is 19.8 Å². The summed E-state index contributed by atoms with van der Waals surface area (Å²) in [6.07, 6.45) is 0.659. The van der Waals surface area contributed by atoms with E-state index in [2.05, 4.69) is 27.4 Å². The largest absolute Gasteiger partial charge is 0.453 e. The molecule has 0 aliphatic rings. The molecule has 0 amide bonds. The molecule has 0 aliphatic carbocycles. The SMILES string of the molecule is Clc1cccc(-c2ccc(-c3nn4c(Cc5ccccc5)nnc4s3)o2)c1Cl. The molecule has 3 heterocycles. The van der Waals surface area contributed by atoms with Crippen molar-refractivity contribution in [1.82, 2.24) is 19.8 Å². The minimum absolute atomic E-state index is 0.466. The normalized spacial score (nSPS) is 11.4. The predicted molar refractivity (Wildman–Crippen MR) is 111 cm³/mol. The van der Waals surface area contributed by atoms with Crippen LogP contribution in [0.4, 0.5) is 0 Å². The van der Waals surface area contributed by atoms with Crippen LogP contribution in [0.1, 0.15) is 11.4 Å². The van der Waals surface area contributed by atoms with Crippen LogP contribution in [0.5, 0.6) is 0 Å². The molecule has 8 heteroatoms. The number of furan rings is 1. The van der Waals surface area contributed by atoms with E-state index in [0.717, 1.165) is 26.9 Å². The van der Waals surface area contributed by atoms with Gasteiger partial charge in [-0.3, -0.25) is 0 Å². The van der Waals surface area contributed by atoms with Gasteiger partial charge in [0.1, 0.15) is 5.76 Å². The molecule has 0 bridgehead atoms. The molecule has 0 aliphatic heterocycles. The van der Waals surface area contributed by atoms with Gasteiger partial charge < -0.3 is 4.42 Å². The van der Waals surface area contributed by atoms with Crippen molar-refractivity contribution in [3.63, 3.8) is 0 Å². The highest BCUT2D eigenvalue weighted by molar-refractivity contribution is 7.19. The second kappa shape index (κ2) is 7.05. The zero-order chi connectivity index (χ0) is 19.1. The van der Waals surface area contributed by atoms with Crippen LogP contribution in [0.2, 0.25) is 10.0 Å². The third-order valence-electron chi connectivity index (χ3n) is 4.29. The molecule has 0 fully saturated rings. The van der Waals surface area contributed by atoms with Crippen molar-refractivity contribution in [1.29, 1.82) is 0 Å². The summed E-state index contributed by atoms with van der Waals surface area (Å²) in [6.45, 7) is 0. The Hall–Kier alpha value is -2.67. The molecule has 5 rings (SSSR count). The zero-order valence-corrected chi connectivity index (χ0v) is 16.7. The Morgan fingerprint density at radius 1 is 0.893 bits per heavy atom. The van der Waals surface area contributed by atoms with E-state index in [0.29, 0.717) is 28.0 Å². The van der Waals surface area contributed by atoms with Crippen LogP contribution in [0, 0.1) is 0 Å². The standard InChI is InChI=1S/C20H12Cl2N4OS/c21-14-8-4-7-13(18(14)22)15-9-10-16(27-15)19-25-26-17(23-24-20(26)28-19)11-12-5-2-1-3-6-12/h1-10H,11H2. The predicted octanol–water partition coefficient (Wildman–Crippen LogP) is 6.01. The van der Waals surface area contributed by atoms with E-state index in [1.165, 1.54) is 11.3 Å². The Morgan fingerprint density at radius 3 is 2.57 bits per heavy atom. The molecule has 3 aromatic heterocycles. The van der Waals surface area contributed by atoms with E-state index in [1.54, 1.807) is 10.6 Å². The van der Waals surface area contributed by atoms with E-state index < -0.39 is 0 Å². The number of hydrogen-bond acceptors (Lipinski definition) is 5. The van der Waals surface area contributed by atoms with Gasteiger partial charge in [-0.2, -0.15) is 4.52 Å². The summed E-state index contributed by atoms with van der Waals surface area (Å²) in [6, 6.07) is 19.3. The monoisotopic (exact) mass is 426 g/mol. The summed E-state index contributed by atoms with van der Waals surface area (Å²) in [5, 5.41) is 14.8. The van der Waals surface area contributed by atoms with Gasteiger partial charge in [0, 0.05) is 12.0 Å². The van der Waals surface area contributed by atoms with Gasteiger partial charge in [-0.05, 0) is 29.8 Å². The fourth-order valence-electron chi connectivity index (χ4n) is 2.94. The summed E-state index contributed by atoms with van der Waals surface area (Å²) in [7, 11) is 0. The third-order valence-corrected chi connectivity index (χ3v) is 6.03. The van der Waals surface area contributed by atoms with E-state index in [1.807, 2.05) is 42.5 Å². The minimum Gasteiger partial charge on any atom is -0.453 e. The number of hydrogen-bond donors (Lipinski definition) is 0. The molecular weight excluding hydrogens is 415 g/mol. The van der Waals surface area contributed by atoms with E-state index in [-0.39, 0.29) is 0 Å². The third kappa shape index (κ3) is 3.09. The molecular formula is C20H12Cl2N4OS. The van der Waals surface area contributed by atoms with Crippen molar-refractivity contribution in [2.45, 2.75) is 6.42 Å². The van der Waals surface area contributed by atoms with Gasteiger partial charge in [0.05, 0.1) is 10.0 Å². The summed E-state index contributed by atoms with van der Waals surface area (Å²) < 4.78 is 7.76. The number of rotatable bonds is 4. The first kappa shape index (κ1) is 17.4. The number of halogens is 2. The smallest absolute Gasteiger partial charge is 0.235 e. The highest BCUT2D eigenvalue weighted by Gasteiger charge is 2.17. The molecule has 5 aromatic rings. The molecule has 0 N–H and O–H groups in total. The van der Waals surface area contributed by atoms with Gasteiger partial charge in [-0.1, -0.05) is 70.9 Å². The van der Waals surface area contributed by atoms with E-state index in [4.69, 9.17) is 27.6 Å². The van der Waals surface area contributed by atoms with Gasteiger partial charge >= 0.3 is 0 Å². The topological polar surface area (TPSA) is 56.2 Å².